The van der Waals surface area contributed by atoms with Gasteiger partial charge in [0.05, 0.1) is 12.1 Å². The molecular weight excluding hydrogens is 184 g/mol. The highest BCUT2D eigenvalue weighted by Crippen LogP contribution is 2.21. The van der Waals surface area contributed by atoms with E-state index in [1.807, 2.05) is 0 Å². The van der Waals surface area contributed by atoms with Crippen molar-refractivity contribution in [1.29, 1.82) is 0 Å². The molecule has 0 saturated heterocycles. The summed E-state index contributed by atoms with van der Waals surface area (Å²) in [4.78, 5) is 22.0. The summed E-state index contributed by atoms with van der Waals surface area (Å²) in [5.41, 5.74) is 1.32. The van der Waals surface area contributed by atoms with E-state index < -0.39 is 5.97 Å². The van der Waals surface area contributed by atoms with Crippen LogP contribution in [-0.4, -0.2) is 22.0 Å². The largest absolute Gasteiger partial charge is 0.478 e. The average molecular weight is 192 g/mol. The van der Waals surface area contributed by atoms with Crippen molar-refractivity contribution in [3.05, 3.63) is 34.9 Å². The van der Waals surface area contributed by atoms with Crippen LogP contribution in [0.25, 0.3) is 0 Å². The predicted molar refractivity (Wildman–Crippen MR) is 47.5 cm³/mol. The van der Waals surface area contributed by atoms with Gasteiger partial charge in [-0.25, -0.2) is 10.6 Å². The van der Waals surface area contributed by atoms with Crippen molar-refractivity contribution in [2.45, 2.75) is 6.54 Å². The van der Waals surface area contributed by atoms with Crippen LogP contribution >= 0.6 is 0 Å². The van der Waals surface area contributed by atoms with E-state index in [4.69, 9.17) is 10.9 Å². The van der Waals surface area contributed by atoms with Gasteiger partial charge in [0.1, 0.15) is 0 Å². The van der Waals surface area contributed by atoms with Crippen molar-refractivity contribution < 1.29 is 14.7 Å². The number of fused-ring (bicyclic) bond motifs is 1. The summed E-state index contributed by atoms with van der Waals surface area (Å²) in [5.74, 6) is 4.12. The van der Waals surface area contributed by atoms with Gasteiger partial charge in [0, 0.05) is 5.56 Å². The molecule has 1 amide bonds. The molecule has 1 heterocycles. The smallest absolute Gasteiger partial charge is 0.335 e. The van der Waals surface area contributed by atoms with E-state index in [1.165, 1.54) is 18.2 Å². The van der Waals surface area contributed by atoms with Gasteiger partial charge < -0.3 is 5.11 Å². The van der Waals surface area contributed by atoms with Crippen LogP contribution < -0.4 is 5.84 Å². The molecule has 0 aromatic heterocycles. The van der Waals surface area contributed by atoms with E-state index >= 15 is 0 Å². The summed E-state index contributed by atoms with van der Waals surface area (Å²) in [7, 11) is 0. The number of amides is 1. The Kier molecular flexibility index (Phi) is 1.75. The lowest BCUT2D eigenvalue weighted by Crippen LogP contribution is -2.30. The fourth-order valence-electron chi connectivity index (χ4n) is 1.48. The molecule has 0 bridgehead atoms. The topological polar surface area (TPSA) is 83.6 Å². The van der Waals surface area contributed by atoms with Gasteiger partial charge in [-0.1, -0.05) is 0 Å². The number of hydrogen-bond acceptors (Lipinski definition) is 3. The molecule has 1 aromatic rings. The zero-order chi connectivity index (χ0) is 10.3. The van der Waals surface area contributed by atoms with Gasteiger partial charge in [-0.05, 0) is 23.8 Å². The van der Waals surface area contributed by atoms with E-state index in [0.29, 0.717) is 11.1 Å². The highest BCUT2D eigenvalue weighted by molar-refractivity contribution is 5.99. The second kappa shape index (κ2) is 2.81. The highest BCUT2D eigenvalue weighted by atomic mass is 16.4. The lowest BCUT2D eigenvalue weighted by molar-refractivity contribution is 0.0696. The number of carboxylic acid groups (broad SMARTS) is 1. The second-order valence-corrected chi connectivity index (χ2v) is 3.11. The summed E-state index contributed by atoms with van der Waals surface area (Å²) in [6.45, 7) is 0.273. The molecule has 0 atom stereocenters. The van der Waals surface area contributed by atoms with Crippen molar-refractivity contribution in [2.24, 2.45) is 5.84 Å². The van der Waals surface area contributed by atoms with Crippen LogP contribution in [-0.2, 0) is 6.54 Å². The number of hydrogen-bond donors (Lipinski definition) is 2. The monoisotopic (exact) mass is 192 g/mol. The van der Waals surface area contributed by atoms with E-state index in [1.54, 1.807) is 0 Å². The normalized spacial score (nSPS) is 14.4. The first-order chi connectivity index (χ1) is 6.59. The van der Waals surface area contributed by atoms with E-state index in [2.05, 4.69) is 0 Å². The quantitative estimate of drug-likeness (QED) is 0.492. The number of carboxylic acids is 1. The molecule has 0 unspecified atom stereocenters. The number of hydrazine groups is 1. The first-order valence-electron chi connectivity index (χ1n) is 4.02. The molecule has 5 nitrogen and oxygen atoms in total. The number of benzene rings is 1. The summed E-state index contributed by atoms with van der Waals surface area (Å²) in [6.07, 6.45) is 0. The fraction of sp³-hybridized carbons (Fsp3) is 0.111. The predicted octanol–water partition coefficient (Wildman–Crippen LogP) is 0.214. The minimum absolute atomic E-state index is 0.173. The minimum atomic E-state index is -1.00. The summed E-state index contributed by atoms with van der Waals surface area (Å²) in [5, 5.41) is 9.78. The van der Waals surface area contributed by atoms with Crippen molar-refractivity contribution >= 4 is 11.9 Å². The van der Waals surface area contributed by atoms with Crippen molar-refractivity contribution in [3.63, 3.8) is 0 Å². The summed E-state index contributed by atoms with van der Waals surface area (Å²) >= 11 is 0. The Labute approximate surface area is 79.7 Å². The molecule has 5 heteroatoms. The number of rotatable bonds is 1. The second-order valence-electron chi connectivity index (χ2n) is 3.11. The van der Waals surface area contributed by atoms with Gasteiger partial charge in [-0.3, -0.25) is 9.80 Å². The molecule has 3 N–H and O–H groups in total. The maximum atomic E-state index is 11.3. The lowest BCUT2D eigenvalue weighted by Gasteiger charge is -2.04. The number of nitrogens with two attached hydrogens (primary N) is 1. The third-order valence-electron chi connectivity index (χ3n) is 2.18. The van der Waals surface area contributed by atoms with Gasteiger partial charge in [0.2, 0.25) is 0 Å². The van der Waals surface area contributed by atoms with Gasteiger partial charge in [-0.2, -0.15) is 0 Å². The molecule has 2 rings (SSSR count). The SMILES string of the molecule is NN1Cc2cc(C(=O)O)ccc2C1=O. The van der Waals surface area contributed by atoms with Crippen molar-refractivity contribution in [3.8, 4) is 0 Å². The van der Waals surface area contributed by atoms with Gasteiger partial charge in [0.15, 0.2) is 0 Å². The molecule has 0 fully saturated rings. The highest BCUT2D eigenvalue weighted by Gasteiger charge is 2.25. The molecule has 0 spiro atoms. The maximum Gasteiger partial charge on any atom is 0.335 e. The van der Waals surface area contributed by atoms with Gasteiger partial charge in [0.25, 0.3) is 5.91 Å². The number of carbonyl (C=O) groups excluding carboxylic acids is 1. The Balaban J connectivity index is 2.49. The van der Waals surface area contributed by atoms with Crippen LogP contribution in [0.5, 0.6) is 0 Å². The van der Waals surface area contributed by atoms with Crippen LogP contribution in [0, 0.1) is 0 Å². The first-order valence-corrected chi connectivity index (χ1v) is 4.02. The molecule has 1 aliphatic rings. The Morgan fingerprint density at radius 2 is 2.21 bits per heavy atom. The number of aromatic carboxylic acids is 1. The standard InChI is InChI=1S/C9H8N2O3/c10-11-4-6-3-5(9(13)14)1-2-7(6)8(11)12/h1-3H,4,10H2,(H,13,14). The molecule has 72 valence electrons. The van der Waals surface area contributed by atoms with Crippen LogP contribution in [0.2, 0.25) is 0 Å². The minimum Gasteiger partial charge on any atom is -0.478 e. The van der Waals surface area contributed by atoms with Gasteiger partial charge >= 0.3 is 5.97 Å². The Hall–Kier alpha value is -1.88. The Morgan fingerprint density at radius 3 is 2.86 bits per heavy atom. The van der Waals surface area contributed by atoms with Crippen molar-refractivity contribution in [2.75, 3.05) is 0 Å². The molecule has 1 aliphatic heterocycles. The van der Waals surface area contributed by atoms with E-state index in [-0.39, 0.29) is 18.0 Å². The Morgan fingerprint density at radius 1 is 1.50 bits per heavy atom. The molecule has 0 saturated carbocycles. The summed E-state index contributed by atoms with van der Waals surface area (Å²) in [6, 6.07) is 4.37. The number of nitrogens with zero attached hydrogens (tertiary/aromatic N) is 1. The first kappa shape index (κ1) is 8.71. The van der Waals surface area contributed by atoms with E-state index in [9.17, 15) is 9.59 Å². The van der Waals surface area contributed by atoms with Crippen LogP contribution in [0.1, 0.15) is 26.3 Å². The third kappa shape index (κ3) is 1.14. The van der Waals surface area contributed by atoms with Crippen LogP contribution in [0.3, 0.4) is 0 Å². The lowest BCUT2D eigenvalue weighted by atomic mass is 10.1. The maximum absolute atomic E-state index is 11.3. The zero-order valence-corrected chi connectivity index (χ0v) is 7.23. The van der Waals surface area contributed by atoms with Crippen molar-refractivity contribution in [1.82, 2.24) is 5.01 Å². The molecule has 1 aromatic carbocycles. The average Bonchev–Trinajstić information content (AvgIpc) is 2.42. The third-order valence-corrected chi connectivity index (χ3v) is 2.18. The van der Waals surface area contributed by atoms with Crippen LogP contribution in [0.4, 0.5) is 0 Å². The summed E-state index contributed by atoms with van der Waals surface area (Å²) < 4.78 is 0. The Bertz CT molecular complexity index is 428. The molecule has 0 aliphatic carbocycles. The molecular formula is C9H8N2O3. The van der Waals surface area contributed by atoms with Crippen LogP contribution in [0.15, 0.2) is 18.2 Å². The fourth-order valence-corrected chi connectivity index (χ4v) is 1.48. The number of carbonyl (C=O) groups is 2. The zero-order valence-electron chi connectivity index (χ0n) is 7.23. The van der Waals surface area contributed by atoms with Gasteiger partial charge in [-0.15, -0.1) is 0 Å². The van der Waals surface area contributed by atoms with E-state index in [0.717, 1.165) is 5.01 Å². The molecule has 14 heavy (non-hydrogen) atoms. The molecule has 0 radical (unpaired) electrons.